The van der Waals surface area contributed by atoms with Crippen molar-refractivity contribution in [3.05, 3.63) is 29.6 Å². The summed E-state index contributed by atoms with van der Waals surface area (Å²) in [6, 6.07) is 3.22. The average Bonchev–Trinajstić information content (AvgIpc) is 2.62. The molecule has 3 rings (SSSR count). The molecule has 2 heterocycles. The zero-order valence-electron chi connectivity index (χ0n) is 11.0. The molecule has 20 heavy (non-hydrogen) atoms. The highest BCUT2D eigenvalue weighted by Crippen LogP contribution is 2.26. The smallest absolute Gasteiger partial charge is 0.280 e. The van der Waals surface area contributed by atoms with Gasteiger partial charge in [0.2, 0.25) is 5.91 Å². The number of amides is 3. The summed E-state index contributed by atoms with van der Waals surface area (Å²) < 4.78 is 0. The van der Waals surface area contributed by atoms with E-state index in [0.717, 1.165) is 24.2 Å². The fraction of sp³-hybridized carbons (Fsp3) is 0.429. The molecule has 1 aliphatic heterocycles. The van der Waals surface area contributed by atoms with Gasteiger partial charge in [-0.2, -0.15) is 0 Å². The van der Waals surface area contributed by atoms with Gasteiger partial charge in [-0.1, -0.05) is 6.42 Å². The lowest BCUT2D eigenvalue weighted by molar-refractivity contribution is -0.127. The van der Waals surface area contributed by atoms with E-state index < -0.39 is 0 Å². The summed E-state index contributed by atoms with van der Waals surface area (Å²) in [6.45, 7) is 0.479. The molecule has 0 unspecified atom stereocenters. The molecule has 1 aromatic heterocycles. The highest BCUT2D eigenvalue weighted by Gasteiger charge is 2.36. The molecule has 1 N–H and O–H groups in total. The monoisotopic (exact) mass is 273 g/mol. The van der Waals surface area contributed by atoms with E-state index >= 15 is 0 Å². The standard InChI is InChI=1S/C14H15N3O3/c18-12(9-3-1-4-9)16-7-8-17-13(19)10-5-2-6-15-11(10)14(17)20/h2,5-6,9H,1,3-4,7-8H2,(H,16,18). The highest BCUT2D eigenvalue weighted by atomic mass is 16.2. The summed E-state index contributed by atoms with van der Waals surface area (Å²) in [4.78, 5) is 40.8. The molecule has 1 fully saturated rings. The summed E-state index contributed by atoms with van der Waals surface area (Å²) >= 11 is 0. The van der Waals surface area contributed by atoms with Crippen LogP contribution in [0.1, 0.15) is 40.1 Å². The van der Waals surface area contributed by atoms with Crippen LogP contribution in [-0.2, 0) is 4.79 Å². The van der Waals surface area contributed by atoms with E-state index in [4.69, 9.17) is 0 Å². The number of hydrogen-bond donors (Lipinski definition) is 1. The molecule has 0 spiro atoms. The quantitative estimate of drug-likeness (QED) is 0.814. The highest BCUT2D eigenvalue weighted by molar-refractivity contribution is 6.20. The van der Waals surface area contributed by atoms with E-state index in [0.29, 0.717) is 12.1 Å². The van der Waals surface area contributed by atoms with E-state index in [2.05, 4.69) is 10.3 Å². The van der Waals surface area contributed by atoms with Crippen LogP contribution in [0.3, 0.4) is 0 Å². The zero-order chi connectivity index (χ0) is 14.1. The van der Waals surface area contributed by atoms with Crippen LogP contribution in [0.25, 0.3) is 0 Å². The van der Waals surface area contributed by atoms with Crippen LogP contribution in [0.5, 0.6) is 0 Å². The third-order valence-corrected chi connectivity index (χ3v) is 3.84. The number of carbonyl (C=O) groups excluding carboxylic acids is 3. The number of hydrogen-bond acceptors (Lipinski definition) is 4. The average molecular weight is 273 g/mol. The zero-order valence-corrected chi connectivity index (χ0v) is 11.0. The van der Waals surface area contributed by atoms with Crippen molar-refractivity contribution in [2.24, 2.45) is 5.92 Å². The maximum absolute atomic E-state index is 12.0. The Balaban J connectivity index is 1.58. The first-order chi connectivity index (χ1) is 9.68. The molecule has 0 radical (unpaired) electrons. The first-order valence-corrected chi connectivity index (χ1v) is 6.77. The minimum Gasteiger partial charge on any atom is -0.354 e. The van der Waals surface area contributed by atoms with Crippen molar-refractivity contribution >= 4 is 17.7 Å². The van der Waals surface area contributed by atoms with E-state index in [1.165, 1.54) is 6.20 Å². The van der Waals surface area contributed by atoms with Crippen LogP contribution in [0, 0.1) is 5.92 Å². The van der Waals surface area contributed by atoms with Crippen molar-refractivity contribution in [1.29, 1.82) is 0 Å². The van der Waals surface area contributed by atoms with Crippen molar-refractivity contribution < 1.29 is 14.4 Å². The molecule has 0 bridgehead atoms. The molecule has 0 atom stereocenters. The number of nitrogens with one attached hydrogen (secondary N) is 1. The van der Waals surface area contributed by atoms with E-state index in [1.54, 1.807) is 12.1 Å². The fourth-order valence-electron chi connectivity index (χ4n) is 2.42. The van der Waals surface area contributed by atoms with Crippen LogP contribution >= 0.6 is 0 Å². The van der Waals surface area contributed by atoms with Crippen molar-refractivity contribution in [1.82, 2.24) is 15.2 Å². The SMILES string of the molecule is O=C(NCCN1C(=O)c2cccnc2C1=O)C1CCC1. The van der Waals surface area contributed by atoms with Gasteiger partial charge < -0.3 is 5.32 Å². The minimum absolute atomic E-state index is 0.0194. The first kappa shape index (κ1) is 12.8. The number of aromatic nitrogens is 1. The molecule has 1 aromatic rings. The minimum atomic E-state index is -0.386. The molecule has 0 saturated heterocycles. The third kappa shape index (κ3) is 2.07. The van der Waals surface area contributed by atoms with E-state index in [9.17, 15) is 14.4 Å². The molecule has 2 aliphatic rings. The molecule has 104 valence electrons. The van der Waals surface area contributed by atoms with Gasteiger partial charge in [-0.05, 0) is 25.0 Å². The lowest BCUT2D eigenvalue weighted by atomic mass is 9.85. The number of rotatable bonds is 4. The van der Waals surface area contributed by atoms with Crippen molar-refractivity contribution in [2.45, 2.75) is 19.3 Å². The van der Waals surface area contributed by atoms with Crippen LogP contribution < -0.4 is 5.32 Å². The van der Waals surface area contributed by atoms with Gasteiger partial charge in [0.05, 0.1) is 5.56 Å². The largest absolute Gasteiger partial charge is 0.354 e. The molecule has 1 saturated carbocycles. The fourth-order valence-corrected chi connectivity index (χ4v) is 2.42. The molecular formula is C14H15N3O3. The number of carbonyl (C=O) groups is 3. The number of fused-ring (bicyclic) bond motifs is 1. The number of pyridine rings is 1. The maximum atomic E-state index is 12.0. The topological polar surface area (TPSA) is 79.4 Å². The van der Waals surface area contributed by atoms with Crippen molar-refractivity contribution in [2.75, 3.05) is 13.1 Å². The summed E-state index contributed by atoms with van der Waals surface area (Å²) in [5.74, 6) is -0.593. The number of imide groups is 1. The van der Waals surface area contributed by atoms with Gasteiger partial charge in [-0.3, -0.25) is 24.3 Å². The van der Waals surface area contributed by atoms with Gasteiger partial charge in [0.15, 0.2) is 0 Å². The summed E-state index contributed by atoms with van der Waals surface area (Å²) in [5.41, 5.74) is 0.533. The molecule has 3 amide bonds. The lowest BCUT2D eigenvalue weighted by Crippen LogP contribution is -2.41. The van der Waals surface area contributed by atoms with Crippen LogP contribution in [-0.4, -0.2) is 40.7 Å². The van der Waals surface area contributed by atoms with E-state index in [1.807, 2.05) is 0 Å². The Morgan fingerprint density at radius 1 is 1.35 bits per heavy atom. The second-order valence-electron chi connectivity index (χ2n) is 5.08. The molecule has 6 heteroatoms. The second-order valence-corrected chi connectivity index (χ2v) is 5.08. The predicted molar refractivity (Wildman–Crippen MR) is 70.0 cm³/mol. The Morgan fingerprint density at radius 3 is 2.80 bits per heavy atom. The van der Waals surface area contributed by atoms with Crippen LogP contribution in [0.2, 0.25) is 0 Å². The molecule has 6 nitrogen and oxygen atoms in total. The second kappa shape index (κ2) is 5.03. The lowest BCUT2D eigenvalue weighted by Gasteiger charge is -2.24. The molecule has 1 aliphatic carbocycles. The van der Waals surface area contributed by atoms with E-state index in [-0.39, 0.29) is 35.9 Å². The Bertz CT molecular complexity index is 546. The Hall–Kier alpha value is -2.24. The van der Waals surface area contributed by atoms with Gasteiger partial charge in [-0.15, -0.1) is 0 Å². The van der Waals surface area contributed by atoms with Gasteiger partial charge in [0.1, 0.15) is 5.69 Å². The normalized spacial score (nSPS) is 17.9. The van der Waals surface area contributed by atoms with Gasteiger partial charge in [-0.25, -0.2) is 0 Å². The summed E-state index contributed by atoms with van der Waals surface area (Å²) in [7, 11) is 0. The third-order valence-electron chi connectivity index (χ3n) is 3.84. The van der Waals surface area contributed by atoms with Gasteiger partial charge in [0.25, 0.3) is 11.8 Å². The summed E-state index contributed by atoms with van der Waals surface area (Å²) in [6.07, 6.45) is 4.46. The number of nitrogens with zero attached hydrogens (tertiary/aromatic N) is 2. The Morgan fingerprint density at radius 2 is 2.15 bits per heavy atom. The van der Waals surface area contributed by atoms with Crippen LogP contribution in [0.4, 0.5) is 0 Å². The van der Waals surface area contributed by atoms with Gasteiger partial charge >= 0.3 is 0 Å². The Kier molecular flexibility index (Phi) is 3.22. The summed E-state index contributed by atoms with van der Waals surface area (Å²) in [5, 5.41) is 2.77. The Labute approximate surface area is 116 Å². The maximum Gasteiger partial charge on any atom is 0.280 e. The van der Waals surface area contributed by atoms with Crippen molar-refractivity contribution in [3.8, 4) is 0 Å². The van der Waals surface area contributed by atoms with Crippen LogP contribution in [0.15, 0.2) is 18.3 Å². The molecule has 0 aromatic carbocycles. The predicted octanol–water partition coefficient (Wildman–Crippen LogP) is 0.594. The molecular weight excluding hydrogens is 258 g/mol. The van der Waals surface area contributed by atoms with Gasteiger partial charge in [0, 0.05) is 25.2 Å². The first-order valence-electron chi connectivity index (χ1n) is 6.77. The van der Waals surface area contributed by atoms with Crippen molar-refractivity contribution in [3.63, 3.8) is 0 Å².